The summed E-state index contributed by atoms with van der Waals surface area (Å²) >= 11 is 0. The van der Waals surface area contributed by atoms with Crippen molar-refractivity contribution in [1.29, 1.82) is 0 Å². The van der Waals surface area contributed by atoms with Crippen molar-refractivity contribution in [2.24, 2.45) is 17.8 Å². The van der Waals surface area contributed by atoms with Crippen LogP contribution in [0.15, 0.2) is 11.6 Å². The van der Waals surface area contributed by atoms with Crippen LogP contribution >= 0.6 is 0 Å². The molecule has 1 fully saturated rings. The van der Waals surface area contributed by atoms with Crippen LogP contribution in [-0.2, 0) is 10.1 Å². The van der Waals surface area contributed by atoms with Gasteiger partial charge in [-0.15, -0.1) is 0 Å². The lowest BCUT2D eigenvalue weighted by atomic mass is 9.70. The Kier molecular flexibility index (Phi) is 4.11. The van der Waals surface area contributed by atoms with E-state index in [0.717, 1.165) is 19.3 Å². The molecule has 0 aromatic carbocycles. The van der Waals surface area contributed by atoms with E-state index in [1.165, 1.54) is 12.0 Å². The number of halogens is 1. The third-order valence-corrected chi connectivity index (χ3v) is 5.00. The first kappa shape index (κ1) is 14.0. The van der Waals surface area contributed by atoms with Crippen molar-refractivity contribution in [1.82, 2.24) is 0 Å². The van der Waals surface area contributed by atoms with Crippen LogP contribution in [-0.4, -0.2) is 18.5 Å². The normalized spacial score (nSPS) is 33.9. The standard InChI is InChI=1S/C13H21FO3S/c1-9-4-11-6-10(7-12(5-9)8-11)2-3-13(14)18(15,16)17/h4,9-10,12-13H,2-3,5-8H2,1H3,(H,15,16,17). The molecule has 0 saturated heterocycles. The summed E-state index contributed by atoms with van der Waals surface area (Å²) in [5.41, 5.74) is -0.663. The molecule has 4 unspecified atom stereocenters. The molecule has 5 heteroatoms. The van der Waals surface area contributed by atoms with Gasteiger partial charge in [0.05, 0.1) is 0 Å². The molecular weight excluding hydrogens is 255 g/mol. The summed E-state index contributed by atoms with van der Waals surface area (Å²) in [4.78, 5) is 0. The first-order valence-corrected chi connectivity index (χ1v) is 8.15. The first-order valence-electron chi connectivity index (χ1n) is 6.64. The third-order valence-electron chi connectivity index (χ3n) is 4.12. The van der Waals surface area contributed by atoms with Gasteiger partial charge in [0.15, 0.2) is 0 Å². The van der Waals surface area contributed by atoms with E-state index in [1.807, 2.05) is 0 Å². The van der Waals surface area contributed by atoms with E-state index in [-0.39, 0.29) is 6.42 Å². The van der Waals surface area contributed by atoms with Crippen LogP contribution in [0.25, 0.3) is 0 Å². The number of hydrogen-bond acceptors (Lipinski definition) is 2. The highest BCUT2D eigenvalue weighted by atomic mass is 32.2. The molecule has 3 nitrogen and oxygen atoms in total. The van der Waals surface area contributed by atoms with Crippen molar-refractivity contribution in [2.75, 3.05) is 0 Å². The molecule has 0 aromatic rings. The van der Waals surface area contributed by atoms with Gasteiger partial charge in [-0.3, -0.25) is 4.55 Å². The smallest absolute Gasteiger partial charge is 0.283 e. The Hall–Kier alpha value is -0.420. The van der Waals surface area contributed by atoms with Crippen LogP contribution < -0.4 is 0 Å². The molecule has 4 atom stereocenters. The summed E-state index contributed by atoms with van der Waals surface area (Å²) in [5.74, 6) is 1.71. The Balaban J connectivity index is 1.87. The topological polar surface area (TPSA) is 54.4 Å². The average Bonchev–Trinajstić information content (AvgIpc) is 2.22. The molecule has 1 saturated carbocycles. The minimum absolute atomic E-state index is 0.0843. The number of hydrogen-bond donors (Lipinski definition) is 1. The summed E-state index contributed by atoms with van der Waals surface area (Å²) in [6.45, 7) is 2.22. The monoisotopic (exact) mass is 276 g/mol. The van der Waals surface area contributed by atoms with Gasteiger partial charge in [-0.25, -0.2) is 4.39 Å². The van der Waals surface area contributed by atoms with Crippen LogP contribution in [0.1, 0.15) is 45.4 Å². The highest BCUT2D eigenvalue weighted by Crippen LogP contribution is 2.42. The molecule has 0 heterocycles. The highest BCUT2D eigenvalue weighted by molar-refractivity contribution is 7.86. The number of allylic oxidation sites excluding steroid dienone is 2. The van der Waals surface area contributed by atoms with Crippen molar-refractivity contribution in [3.05, 3.63) is 11.6 Å². The van der Waals surface area contributed by atoms with Crippen LogP contribution in [0.3, 0.4) is 0 Å². The summed E-state index contributed by atoms with van der Waals surface area (Å²) in [5, 5.41) is 0. The van der Waals surface area contributed by atoms with Crippen molar-refractivity contribution in [3.63, 3.8) is 0 Å². The van der Waals surface area contributed by atoms with E-state index >= 15 is 0 Å². The quantitative estimate of drug-likeness (QED) is 0.633. The van der Waals surface area contributed by atoms with Crippen molar-refractivity contribution in [3.8, 4) is 0 Å². The molecule has 18 heavy (non-hydrogen) atoms. The zero-order chi connectivity index (χ0) is 13.3. The van der Waals surface area contributed by atoms with Crippen LogP contribution in [0.2, 0.25) is 0 Å². The van der Waals surface area contributed by atoms with Crippen LogP contribution in [0, 0.1) is 17.8 Å². The van der Waals surface area contributed by atoms with Crippen molar-refractivity contribution in [2.45, 2.75) is 51.0 Å². The fourth-order valence-corrected chi connectivity index (χ4v) is 3.94. The Morgan fingerprint density at radius 2 is 2.17 bits per heavy atom. The zero-order valence-electron chi connectivity index (χ0n) is 10.7. The molecule has 0 spiro atoms. The number of fused-ring (bicyclic) bond motifs is 2. The maximum Gasteiger partial charge on any atom is 0.297 e. The van der Waals surface area contributed by atoms with Crippen molar-refractivity contribution >= 4 is 10.1 Å². The maximum atomic E-state index is 13.2. The maximum absolute atomic E-state index is 13.2. The Morgan fingerprint density at radius 1 is 1.44 bits per heavy atom. The van der Waals surface area contributed by atoms with E-state index in [2.05, 4.69) is 13.0 Å². The van der Waals surface area contributed by atoms with E-state index in [0.29, 0.717) is 24.2 Å². The lowest BCUT2D eigenvalue weighted by molar-refractivity contribution is 0.241. The molecule has 0 aromatic heterocycles. The van der Waals surface area contributed by atoms with Gasteiger partial charge in [-0.05, 0) is 56.3 Å². The second-order valence-corrected chi connectivity index (χ2v) is 7.46. The van der Waals surface area contributed by atoms with Gasteiger partial charge in [0.1, 0.15) is 0 Å². The summed E-state index contributed by atoms with van der Waals surface area (Å²) in [6.07, 6.45) is 7.18. The first-order chi connectivity index (χ1) is 8.34. The summed E-state index contributed by atoms with van der Waals surface area (Å²) in [7, 11) is -4.51. The molecule has 0 amide bonds. The molecule has 0 radical (unpaired) electrons. The predicted molar refractivity (Wildman–Crippen MR) is 68.4 cm³/mol. The molecule has 2 aliphatic rings. The summed E-state index contributed by atoms with van der Waals surface area (Å²) in [6, 6.07) is 0. The van der Waals surface area contributed by atoms with Crippen LogP contribution in [0.5, 0.6) is 0 Å². The lowest BCUT2D eigenvalue weighted by Gasteiger charge is -2.36. The largest absolute Gasteiger partial charge is 0.297 e. The van der Waals surface area contributed by atoms with E-state index in [4.69, 9.17) is 4.55 Å². The molecule has 104 valence electrons. The Bertz CT molecular complexity index is 430. The minimum Gasteiger partial charge on any atom is -0.283 e. The van der Waals surface area contributed by atoms with Gasteiger partial charge in [0.2, 0.25) is 5.50 Å². The van der Waals surface area contributed by atoms with E-state index in [1.54, 1.807) is 0 Å². The van der Waals surface area contributed by atoms with Gasteiger partial charge in [0, 0.05) is 0 Å². The molecular formula is C13H21FO3S. The highest BCUT2D eigenvalue weighted by Gasteiger charge is 2.31. The second-order valence-electron chi connectivity index (χ2n) is 5.92. The van der Waals surface area contributed by atoms with Gasteiger partial charge in [-0.1, -0.05) is 18.6 Å². The van der Waals surface area contributed by atoms with E-state index < -0.39 is 15.6 Å². The second kappa shape index (κ2) is 5.29. The average molecular weight is 276 g/mol. The van der Waals surface area contributed by atoms with Gasteiger partial charge in [-0.2, -0.15) is 8.42 Å². The number of rotatable bonds is 4. The molecule has 2 bridgehead atoms. The SMILES string of the molecule is CC1C=C2CC(CCC(F)S(=O)(=O)O)CC(C2)C1. The molecule has 2 aliphatic carbocycles. The zero-order valence-corrected chi connectivity index (χ0v) is 11.5. The van der Waals surface area contributed by atoms with Gasteiger partial charge < -0.3 is 0 Å². The molecule has 1 N–H and O–H groups in total. The Labute approximate surface area is 108 Å². The minimum atomic E-state index is -4.51. The lowest BCUT2D eigenvalue weighted by Crippen LogP contribution is -2.24. The molecule has 2 rings (SSSR count). The fraction of sp³-hybridized carbons (Fsp3) is 0.846. The molecule has 0 aliphatic heterocycles. The van der Waals surface area contributed by atoms with Gasteiger partial charge >= 0.3 is 0 Å². The Morgan fingerprint density at radius 3 is 2.78 bits per heavy atom. The number of alkyl halides is 1. The third kappa shape index (κ3) is 3.54. The van der Waals surface area contributed by atoms with Crippen LogP contribution in [0.4, 0.5) is 4.39 Å². The predicted octanol–water partition coefficient (Wildman–Crippen LogP) is 3.33. The van der Waals surface area contributed by atoms with Gasteiger partial charge in [0.25, 0.3) is 10.1 Å². The summed E-state index contributed by atoms with van der Waals surface area (Å²) < 4.78 is 43.0. The van der Waals surface area contributed by atoms with Crippen molar-refractivity contribution < 1.29 is 17.4 Å². The van der Waals surface area contributed by atoms with E-state index in [9.17, 15) is 12.8 Å². The fourth-order valence-electron chi connectivity index (χ4n) is 3.51.